The highest BCUT2D eigenvalue weighted by Gasteiger charge is 2.22. The van der Waals surface area contributed by atoms with E-state index in [9.17, 15) is 13.6 Å². The second-order valence-electron chi connectivity index (χ2n) is 4.42. The van der Waals surface area contributed by atoms with E-state index >= 15 is 0 Å². The molecular weight excluding hydrogens is 224 g/mol. The van der Waals surface area contributed by atoms with Gasteiger partial charge < -0.3 is 5.32 Å². The van der Waals surface area contributed by atoms with E-state index in [0.717, 1.165) is 25.3 Å². The van der Waals surface area contributed by atoms with Gasteiger partial charge in [0.25, 0.3) is 0 Å². The summed E-state index contributed by atoms with van der Waals surface area (Å²) in [5.41, 5.74) is 0.411. The maximum Gasteiger partial charge on any atom is 0.223 e. The van der Waals surface area contributed by atoms with Gasteiger partial charge in [-0.1, -0.05) is 12.5 Å². The smallest absolute Gasteiger partial charge is 0.223 e. The number of benzene rings is 1. The first-order valence-electron chi connectivity index (χ1n) is 5.88. The summed E-state index contributed by atoms with van der Waals surface area (Å²) in [6, 6.07) is 3.51. The number of nitrogens with one attached hydrogen (secondary N) is 1. The Bertz CT molecular complexity index is 420. The monoisotopic (exact) mass is 239 g/mol. The molecule has 2 rings (SSSR count). The predicted molar refractivity (Wildman–Crippen MR) is 60.4 cm³/mol. The van der Waals surface area contributed by atoms with Crippen molar-refractivity contribution < 1.29 is 13.6 Å². The number of hydrogen-bond donors (Lipinski definition) is 1. The van der Waals surface area contributed by atoms with Crippen LogP contribution in [0.3, 0.4) is 0 Å². The van der Waals surface area contributed by atoms with Crippen LogP contribution < -0.4 is 5.32 Å². The fourth-order valence-corrected chi connectivity index (χ4v) is 2.15. The van der Waals surface area contributed by atoms with Crippen LogP contribution in [0.5, 0.6) is 0 Å². The molecule has 0 bridgehead atoms. The van der Waals surface area contributed by atoms with Crippen LogP contribution in [0.4, 0.5) is 8.78 Å². The lowest BCUT2D eigenvalue weighted by molar-refractivity contribution is -0.124. The average molecular weight is 239 g/mol. The third-order valence-corrected chi connectivity index (χ3v) is 3.13. The van der Waals surface area contributed by atoms with Crippen molar-refractivity contribution in [2.75, 3.05) is 6.54 Å². The van der Waals surface area contributed by atoms with E-state index in [2.05, 4.69) is 5.32 Å². The number of amides is 1. The lowest BCUT2D eigenvalue weighted by Crippen LogP contribution is -2.30. The van der Waals surface area contributed by atoms with Crippen molar-refractivity contribution in [2.24, 2.45) is 5.92 Å². The molecule has 1 amide bonds. The van der Waals surface area contributed by atoms with Gasteiger partial charge in [0.15, 0.2) is 0 Å². The van der Waals surface area contributed by atoms with Gasteiger partial charge in [0.2, 0.25) is 5.91 Å². The highest BCUT2D eigenvalue weighted by molar-refractivity contribution is 5.79. The summed E-state index contributed by atoms with van der Waals surface area (Å²) in [5.74, 6) is -1.37. The number of carbonyl (C=O) groups is 1. The van der Waals surface area contributed by atoms with E-state index in [1.807, 2.05) is 0 Å². The third-order valence-electron chi connectivity index (χ3n) is 3.13. The molecule has 1 aliphatic heterocycles. The molecule has 1 aromatic rings. The SMILES string of the molecule is O=C1NCCCCC1Cc1ccc(F)cc1F. The molecule has 17 heavy (non-hydrogen) atoms. The van der Waals surface area contributed by atoms with E-state index in [0.29, 0.717) is 18.5 Å². The number of hydrogen-bond acceptors (Lipinski definition) is 1. The Hall–Kier alpha value is -1.45. The second-order valence-corrected chi connectivity index (χ2v) is 4.42. The second kappa shape index (κ2) is 5.25. The zero-order chi connectivity index (χ0) is 12.3. The van der Waals surface area contributed by atoms with Gasteiger partial charge in [0, 0.05) is 18.5 Å². The minimum absolute atomic E-state index is 0.0220. The first kappa shape index (κ1) is 12.0. The third kappa shape index (κ3) is 3.02. The summed E-state index contributed by atoms with van der Waals surface area (Å²) in [6.07, 6.45) is 3.04. The molecule has 0 spiro atoms. The quantitative estimate of drug-likeness (QED) is 0.843. The van der Waals surface area contributed by atoms with E-state index in [1.54, 1.807) is 0 Å². The summed E-state index contributed by atoms with van der Waals surface area (Å²) in [6.45, 7) is 0.696. The summed E-state index contributed by atoms with van der Waals surface area (Å²) in [4.78, 5) is 11.7. The van der Waals surface area contributed by atoms with Crippen LogP contribution in [-0.4, -0.2) is 12.5 Å². The molecule has 1 unspecified atom stereocenters. The number of rotatable bonds is 2. The molecule has 1 fully saturated rings. The lowest BCUT2D eigenvalue weighted by Gasteiger charge is -2.13. The summed E-state index contributed by atoms with van der Waals surface area (Å²) >= 11 is 0. The topological polar surface area (TPSA) is 29.1 Å². The van der Waals surface area contributed by atoms with Gasteiger partial charge in [-0.05, 0) is 30.9 Å². The fourth-order valence-electron chi connectivity index (χ4n) is 2.15. The van der Waals surface area contributed by atoms with Gasteiger partial charge in [-0.2, -0.15) is 0 Å². The Morgan fingerprint density at radius 2 is 2.12 bits per heavy atom. The van der Waals surface area contributed by atoms with E-state index in [1.165, 1.54) is 12.1 Å². The minimum Gasteiger partial charge on any atom is -0.356 e. The molecule has 1 saturated heterocycles. The van der Waals surface area contributed by atoms with Gasteiger partial charge in [-0.25, -0.2) is 8.78 Å². The summed E-state index contributed by atoms with van der Waals surface area (Å²) in [5, 5.41) is 2.81. The van der Waals surface area contributed by atoms with Crippen LogP contribution in [0.1, 0.15) is 24.8 Å². The Kier molecular flexibility index (Phi) is 3.71. The van der Waals surface area contributed by atoms with E-state index in [-0.39, 0.29) is 11.8 Å². The average Bonchev–Trinajstić information content (AvgIpc) is 2.48. The van der Waals surface area contributed by atoms with Crippen molar-refractivity contribution in [1.82, 2.24) is 5.32 Å². The normalized spacial score (nSPS) is 20.8. The molecule has 2 nitrogen and oxygen atoms in total. The highest BCUT2D eigenvalue weighted by atomic mass is 19.1. The Morgan fingerprint density at radius 1 is 1.29 bits per heavy atom. The largest absolute Gasteiger partial charge is 0.356 e. The zero-order valence-corrected chi connectivity index (χ0v) is 9.51. The van der Waals surface area contributed by atoms with Crippen molar-refractivity contribution >= 4 is 5.91 Å². The molecule has 1 aromatic carbocycles. The van der Waals surface area contributed by atoms with Crippen LogP contribution in [0.25, 0.3) is 0 Å². The molecule has 1 N–H and O–H groups in total. The molecule has 0 aliphatic carbocycles. The molecule has 0 saturated carbocycles. The fraction of sp³-hybridized carbons (Fsp3) is 0.462. The molecule has 1 atom stereocenters. The van der Waals surface area contributed by atoms with Crippen LogP contribution in [-0.2, 0) is 11.2 Å². The van der Waals surface area contributed by atoms with E-state index in [4.69, 9.17) is 0 Å². The highest BCUT2D eigenvalue weighted by Crippen LogP contribution is 2.20. The molecule has 92 valence electrons. The molecule has 1 heterocycles. The van der Waals surface area contributed by atoms with Crippen LogP contribution in [0, 0.1) is 17.6 Å². The van der Waals surface area contributed by atoms with E-state index < -0.39 is 11.6 Å². The van der Waals surface area contributed by atoms with Crippen LogP contribution in [0.15, 0.2) is 18.2 Å². The molecular formula is C13H15F2NO. The molecule has 4 heteroatoms. The molecule has 0 radical (unpaired) electrons. The van der Waals surface area contributed by atoms with Crippen molar-refractivity contribution in [3.05, 3.63) is 35.4 Å². The maximum absolute atomic E-state index is 13.5. The minimum atomic E-state index is -0.587. The van der Waals surface area contributed by atoms with Gasteiger partial charge >= 0.3 is 0 Å². The maximum atomic E-state index is 13.5. The first-order chi connectivity index (χ1) is 8.16. The van der Waals surface area contributed by atoms with Crippen molar-refractivity contribution in [3.63, 3.8) is 0 Å². The Balaban J connectivity index is 2.10. The van der Waals surface area contributed by atoms with Gasteiger partial charge in [-0.15, -0.1) is 0 Å². The standard InChI is InChI=1S/C13H15F2NO/c14-11-5-4-9(12(15)8-11)7-10-3-1-2-6-16-13(10)17/h4-5,8,10H,1-3,6-7H2,(H,16,17). The van der Waals surface area contributed by atoms with Gasteiger partial charge in [-0.3, -0.25) is 4.79 Å². The zero-order valence-electron chi connectivity index (χ0n) is 9.51. The Labute approximate surface area is 99.0 Å². The first-order valence-corrected chi connectivity index (χ1v) is 5.88. The van der Waals surface area contributed by atoms with Gasteiger partial charge in [0.1, 0.15) is 11.6 Å². The number of carbonyl (C=O) groups excluding carboxylic acids is 1. The summed E-state index contributed by atoms with van der Waals surface area (Å²) in [7, 11) is 0. The summed E-state index contributed by atoms with van der Waals surface area (Å²) < 4.78 is 26.2. The van der Waals surface area contributed by atoms with Crippen LogP contribution >= 0.6 is 0 Å². The predicted octanol–water partition coefficient (Wildman–Crippen LogP) is 2.42. The van der Waals surface area contributed by atoms with Crippen molar-refractivity contribution in [2.45, 2.75) is 25.7 Å². The van der Waals surface area contributed by atoms with Crippen molar-refractivity contribution in [1.29, 1.82) is 0 Å². The Morgan fingerprint density at radius 3 is 2.88 bits per heavy atom. The van der Waals surface area contributed by atoms with Crippen molar-refractivity contribution in [3.8, 4) is 0 Å². The lowest BCUT2D eigenvalue weighted by atomic mass is 9.94. The van der Waals surface area contributed by atoms with Gasteiger partial charge in [0.05, 0.1) is 0 Å². The molecule has 0 aromatic heterocycles. The molecule has 1 aliphatic rings. The van der Waals surface area contributed by atoms with Crippen LogP contribution in [0.2, 0.25) is 0 Å². The number of halogens is 2.